The van der Waals surface area contributed by atoms with Crippen molar-refractivity contribution in [2.45, 2.75) is 32.1 Å². The quantitative estimate of drug-likeness (QED) is 0.899. The van der Waals surface area contributed by atoms with Crippen LogP contribution in [-0.4, -0.2) is 9.97 Å². The van der Waals surface area contributed by atoms with Gasteiger partial charge in [0.2, 0.25) is 0 Å². The Morgan fingerprint density at radius 1 is 1.25 bits per heavy atom. The van der Waals surface area contributed by atoms with E-state index in [1.807, 2.05) is 30.3 Å². The van der Waals surface area contributed by atoms with Crippen molar-refractivity contribution < 1.29 is 0 Å². The molecule has 1 aliphatic rings. The molecule has 2 atom stereocenters. The van der Waals surface area contributed by atoms with Crippen LogP contribution in [0.1, 0.15) is 37.9 Å². The molecule has 0 bridgehead atoms. The highest BCUT2D eigenvalue weighted by Gasteiger charge is 2.25. The first-order chi connectivity index (χ1) is 9.65. The van der Waals surface area contributed by atoms with Gasteiger partial charge in [-0.05, 0) is 41.1 Å². The smallest absolute Gasteiger partial charge is 0.265 e. The van der Waals surface area contributed by atoms with Crippen LogP contribution in [0.15, 0.2) is 39.6 Å². The molecule has 0 saturated heterocycles. The predicted octanol–water partition coefficient (Wildman–Crippen LogP) is 4.10. The highest BCUT2D eigenvalue weighted by Crippen LogP contribution is 2.37. The Kier molecular flexibility index (Phi) is 3.74. The van der Waals surface area contributed by atoms with E-state index in [1.165, 1.54) is 6.42 Å². The third-order valence-electron chi connectivity index (χ3n) is 4.01. The van der Waals surface area contributed by atoms with Gasteiger partial charge in [-0.25, -0.2) is 4.98 Å². The zero-order valence-electron chi connectivity index (χ0n) is 11.4. The fourth-order valence-corrected chi connectivity index (χ4v) is 3.33. The molecular formula is C16H17BrN2O. The maximum atomic E-state index is 12.1. The monoisotopic (exact) mass is 332 g/mol. The molecular weight excluding hydrogens is 316 g/mol. The Morgan fingerprint density at radius 2 is 2.00 bits per heavy atom. The Hall–Kier alpha value is -1.42. The summed E-state index contributed by atoms with van der Waals surface area (Å²) >= 11 is 3.37. The minimum atomic E-state index is -0.0894. The third kappa shape index (κ3) is 2.57. The van der Waals surface area contributed by atoms with Crippen LogP contribution in [0.2, 0.25) is 0 Å². The average molecular weight is 333 g/mol. The predicted molar refractivity (Wildman–Crippen MR) is 83.7 cm³/mol. The number of hydrogen-bond acceptors (Lipinski definition) is 2. The maximum Gasteiger partial charge on any atom is 0.265 e. The average Bonchev–Trinajstić information content (AvgIpc) is 2.89. The lowest BCUT2D eigenvalue weighted by molar-refractivity contribution is 0.584. The van der Waals surface area contributed by atoms with Crippen molar-refractivity contribution in [2.24, 2.45) is 5.92 Å². The highest BCUT2D eigenvalue weighted by molar-refractivity contribution is 9.10. The molecule has 0 aliphatic heterocycles. The van der Waals surface area contributed by atoms with Gasteiger partial charge in [-0.1, -0.05) is 37.3 Å². The topological polar surface area (TPSA) is 45.8 Å². The molecule has 3 rings (SSSR count). The standard InChI is InChI=1S/C16H17BrN2O/c1-10-7-8-12(9-10)15-18-14(13(17)16(20)19-15)11-5-3-2-4-6-11/h2-6,10,12H,7-9H2,1H3,(H,18,19,20). The van der Waals surface area contributed by atoms with Crippen molar-refractivity contribution in [3.8, 4) is 11.3 Å². The van der Waals surface area contributed by atoms with Gasteiger partial charge in [0.1, 0.15) is 10.3 Å². The highest BCUT2D eigenvalue weighted by atomic mass is 79.9. The molecule has 1 aliphatic carbocycles. The van der Waals surface area contributed by atoms with Crippen LogP contribution in [0.4, 0.5) is 0 Å². The molecule has 1 aromatic heterocycles. The minimum absolute atomic E-state index is 0.0894. The second-order valence-corrected chi connectivity index (χ2v) is 6.39. The van der Waals surface area contributed by atoms with Crippen LogP contribution in [0.25, 0.3) is 11.3 Å². The normalized spacial score (nSPS) is 22.1. The summed E-state index contributed by atoms with van der Waals surface area (Å²) in [5, 5.41) is 0. The number of benzene rings is 1. The Labute approximate surface area is 126 Å². The van der Waals surface area contributed by atoms with Gasteiger partial charge in [0.05, 0.1) is 5.69 Å². The first kappa shape index (κ1) is 13.6. The van der Waals surface area contributed by atoms with E-state index in [2.05, 4.69) is 27.8 Å². The number of rotatable bonds is 2. The molecule has 1 heterocycles. The Balaban J connectivity index is 2.07. The zero-order valence-corrected chi connectivity index (χ0v) is 13.0. The summed E-state index contributed by atoms with van der Waals surface area (Å²) in [7, 11) is 0. The lowest BCUT2D eigenvalue weighted by atomic mass is 10.0. The van der Waals surface area contributed by atoms with Crippen molar-refractivity contribution in [2.75, 3.05) is 0 Å². The van der Waals surface area contributed by atoms with Gasteiger partial charge in [0.25, 0.3) is 5.56 Å². The summed E-state index contributed by atoms with van der Waals surface area (Å²) in [6.45, 7) is 2.26. The molecule has 2 unspecified atom stereocenters. The van der Waals surface area contributed by atoms with Gasteiger partial charge in [-0.3, -0.25) is 4.79 Å². The molecule has 1 aromatic carbocycles. The molecule has 1 N–H and O–H groups in total. The second kappa shape index (κ2) is 5.52. The van der Waals surface area contributed by atoms with Crippen molar-refractivity contribution in [1.82, 2.24) is 9.97 Å². The summed E-state index contributed by atoms with van der Waals surface area (Å²) in [5.74, 6) is 1.93. The Morgan fingerprint density at radius 3 is 2.65 bits per heavy atom. The van der Waals surface area contributed by atoms with E-state index in [-0.39, 0.29) is 5.56 Å². The fourth-order valence-electron chi connectivity index (χ4n) is 2.91. The van der Waals surface area contributed by atoms with E-state index < -0.39 is 0 Å². The molecule has 1 fully saturated rings. The number of nitrogens with one attached hydrogen (secondary N) is 1. The third-order valence-corrected chi connectivity index (χ3v) is 4.75. The van der Waals surface area contributed by atoms with Gasteiger partial charge in [0.15, 0.2) is 0 Å². The van der Waals surface area contributed by atoms with Crippen molar-refractivity contribution in [3.63, 3.8) is 0 Å². The first-order valence-electron chi connectivity index (χ1n) is 7.00. The zero-order chi connectivity index (χ0) is 14.1. The Bertz CT molecular complexity index is 666. The van der Waals surface area contributed by atoms with Crippen LogP contribution < -0.4 is 5.56 Å². The van der Waals surface area contributed by atoms with Gasteiger partial charge in [0, 0.05) is 11.5 Å². The molecule has 104 valence electrons. The van der Waals surface area contributed by atoms with Gasteiger partial charge < -0.3 is 4.98 Å². The minimum Gasteiger partial charge on any atom is -0.309 e. The fraction of sp³-hybridized carbons (Fsp3) is 0.375. The summed E-state index contributed by atoms with van der Waals surface area (Å²) in [5.41, 5.74) is 1.62. The molecule has 0 amide bonds. The van der Waals surface area contributed by atoms with Crippen molar-refractivity contribution in [3.05, 3.63) is 51.0 Å². The van der Waals surface area contributed by atoms with Crippen LogP contribution in [-0.2, 0) is 0 Å². The lowest BCUT2D eigenvalue weighted by Crippen LogP contribution is -2.15. The van der Waals surface area contributed by atoms with Gasteiger partial charge in [-0.2, -0.15) is 0 Å². The van der Waals surface area contributed by atoms with Crippen LogP contribution >= 0.6 is 15.9 Å². The maximum absolute atomic E-state index is 12.1. The number of hydrogen-bond donors (Lipinski definition) is 1. The second-order valence-electron chi connectivity index (χ2n) is 5.59. The molecule has 20 heavy (non-hydrogen) atoms. The molecule has 0 spiro atoms. The molecule has 3 nitrogen and oxygen atoms in total. The van der Waals surface area contributed by atoms with Crippen molar-refractivity contribution >= 4 is 15.9 Å². The molecule has 0 radical (unpaired) electrons. The van der Waals surface area contributed by atoms with E-state index in [9.17, 15) is 4.79 Å². The van der Waals surface area contributed by atoms with Crippen LogP contribution in [0.3, 0.4) is 0 Å². The van der Waals surface area contributed by atoms with Crippen LogP contribution in [0, 0.1) is 5.92 Å². The van der Waals surface area contributed by atoms with E-state index >= 15 is 0 Å². The SMILES string of the molecule is CC1CCC(c2nc(-c3ccccc3)c(Br)c(=O)[nH]2)C1. The summed E-state index contributed by atoms with van der Waals surface area (Å²) in [6, 6.07) is 9.84. The van der Waals surface area contributed by atoms with Gasteiger partial charge >= 0.3 is 0 Å². The summed E-state index contributed by atoms with van der Waals surface area (Å²) in [4.78, 5) is 19.8. The number of aromatic nitrogens is 2. The number of nitrogens with zero attached hydrogens (tertiary/aromatic N) is 1. The van der Waals surface area contributed by atoms with E-state index in [0.717, 1.165) is 29.9 Å². The van der Waals surface area contributed by atoms with Gasteiger partial charge in [-0.15, -0.1) is 0 Å². The molecule has 4 heteroatoms. The number of H-pyrrole nitrogens is 1. The lowest BCUT2D eigenvalue weighted by Gasteiger charge is -2.11. The van der Waals surface area contributed by atoms with E-state index in [4.69, 9.17) is 4.98 Å². The first-order valence-corrected chi connectivity index (χ1v) is 7.79. The summed E-state index contributed by atoms with van der Waals surface area (Å²) < 4.78 is 0.512. The molecule has 1 saturated carbocycles. The van der Waals surface area contributed by atoms with Crippen molar-refractivity contribution in [1.29, 1.82) is 0 Å². The molecule has 2 aromatic rings. The van der Waals surface area contributed by atoms with E-state index in [0.29, 0.717) is 16.3 Å². The van der Waals surface area contributed by atoms with E-state index in [1.54, 1.807) is 0 Å². The number of halogens is 1. The summed E-state index contributed by atoms with van der Waals surface area (Å²) in [6.07, 6.45) is 3.43. The van der Waals surface area contributed by atoms with Crippen LogP contribution in [0.5, 0.6) is 0 Å². The largest absolute Gasteiger partial charge is 0.309 e. The number of aromatic amines is 1.